The van der Waals surface area contributed by atoms with Crippen LogP contribution in [0.25, 0.3) is 0 Å². The van der Waals surface area contributed by atoms with Crippen molar-refractivity contribution < 1.29 is 14.7 Å². The molecular weight excluding hydrogens is 314 g/mol. The predicted octanol–water partition coefficient (Wildman–Crippen LogP) is 3.69. The van der Waals surface area contributed by atoms with Gasteiger partial charge in [-0.05, 0) is 29.3 Å². The molecule has 106 valence electrons. The highest BCUT2D eigenvalue weighted by molar-refractivity contribution is 7.99. The lowest BCUT2D eigenvalue weighted by Crippen LogP contribution is -2.16. The lowest BCUT2D eigenvalue weighted by Gasteiger charge is -2.06. The molecule has 2 rings (SSSR count). The smallest absolute Gasteiger partial charge is 0.348 e. The second-order valence-electron chi connectivity index (χ2n) is 4.05. The van der Waals surface area contributed by atoms with Gasteiger partial charge in [-0.3, -0.25) is 4.79 Å². The van der Waals surface area contributed by atoms with Crippen LogP contribution < -0.4 is 5.32 Å². The summed E-state index contributed by atoms with van der Waals surface area (Å²) in [5.41, 5.74) is 1.20. The van der Waals surface area contributed by atoms with Crippen molar-refractivity contribution in [1.82, 2.24) is 0 Å². The molecule has 0 aliphatic heterocycles. The summed E-state index contributed by atoms with van der Waals surface area (Å²) in [5, 5.41) is 15.5. The van der Waals surface area contributed by atoms with Gasteiger partial charge in [0.2, 0.25) is 5.91 Å². The third-order valence-corrected chi connectivity index (χ3v) is 5.62. The molecule has 0 saturated heterocycles. The number of thiophene rings is 2. The average Bonchev–Trinajstić information content (AvgIpc) is 3.01. The maximum atomic E-state index is 11.8. The number of hydrogen-bond donors (Lipinski definition) is 2. The molecule has 0 radical (unpaired) electrons. The summed E-state index contributed by atoms with van der Waals surface area (Å²) < 4.78 is 0. The number of nitrogens with one attached hydrogen (secondary N) is 1. The molecule has 2 aromatic rings. The van der Waals surface area contributed by atoms with E-state index in [1.54, 1.807) is 23.6 Å². The predicted molar refractivity (Wildman–Crippen MR) is 85.1 cm³/mol. The minimum absolute atomic E-state index is 0.171. The number of aryl methyl sites for hydroxylation is 1. The third kappa shape index (κ3) is 3.84. The van der Waals surface area contributed by atoms with Crippen LogP contribution in [-0.4, -0.2) is 22.7 Å². The summed E-state index contributed by atoms with van der Waals surface area (Å²) in [7, 11) is 0. The van der Waals surface area contributed by atoms with E-state index in [4.69, 9.17) is 5.11 Å². The Morgan fingerprint density at radius 3 is 2.85 bits per heavy atom. The Kier molecular flexibility index (Phi) is 5.22. The van der Waals surface area contributed by atoms with Crippen LogP contribution in [0.2, 0.25) is 0 Å². The third-order valence-electron chi connectivity index (χ3n) is 2.49. The number of thioether (sulfide) groups is 1. The molecule has 2 aromatic heterocycles. The first-order chi connectivity index (χ1) is 9.58. The van der Waals surface area contributed by atoms with Crippen molar-refractivity contribution in [3.8, 4) is 0 Å². The van der Waals surface area contributed by atoms with Gasteiger partial charge in [0.25, 0.3) is 0 Å². The molecule has 0 atom stereocenters. The van der Waals surface area contributed by atoms with Crippen LogP contribution in [0.1, 0.15) is 20.1 Å². The van der Waals surface area contributed by atoms with Gasteiger partial charge in [-0.15, -0.1) is 34.4 Å². The molecule has 7 heteroatoms. The molecule has 0 aliphatic carbocycles. The van der Waals surface area contributed by atoms with E-state index in [2.05, 4.69) is 5.32 Å². The second kappa shape index (κ2) is 6.92. The average molecular weight is 327 g/mol. The van der Waals surface area contributed by atoms with E-state index in [9.17, 15) is 9.59 Å². The number of aromatic carboxylic acids is 1. The van der Waals surface area contributed by atoms with Gasteiger partial charge in [0, 0.05) is 10.6 Å². The van der Waals surface area contributed by atoms with E-state index in [0.717, 1.165) is 22.7 Å². The molecule has 0 aliphatic rings. The van der Waals surface area contributed by atoms with Crippen LogP contribution in [0, 0.1) is 6.92 Å². The minimum atomic E-state index is -1.01. The molecular formula is C13H13NO3S3. The maximum absolute atomic E-state index is 11.8. The Labute approximate surface area is 128 Å². The standard InChI is InChI=1S/C13H13NO3S3/c1-8-5-20-12(13(16)17)11(8)14-10(15)7-18-6-9-3-2-4-19-9/h2-5H,6-7H2,1H3,(H,14,15)(H,16,17). The number of hydrogen-bond acceptors (Lipinski definition) is 5. The molecule has 0 unspecified atom stereocenters. The van der Waals surface area contributed by atoms with Crippen LogP contribution in [0.4, 0.5) is 5.69 Å². The fourth-order valence-electron chi connectivity index (χ4n) is 1.57. The number of carbonyl (C=O) groups excluding carboxylic acids is 1. The van der Waals surface area contributed by atoms with Crippen LogP contribution in [0.15, 0.2) is 22.9 Å². The largest absolute Gasteiger partial charge is 0.477 e. The quantitative estimate of drug-likeness (QED) is 0.849. The molecule has 0 fully saturated rings. The highest BCUT2D eigenvalue weighted by Gasteiger charge is 2.17. The van der Waals surface area contributed by atoms with Gasteiger partial charge in [-0.25, -0.2) is 4.79 Å². The zero-order valence-electron chi connectivity index (χ0n) is 10.7. The zero-order valence-corrected chi connectivity index (χ0v) is 13.2. The first kappa shape index (κ1) is 15.1. The van der Waals surface area contributed by atoms with Gasteiger partial charge in [0.15, 0.2) is 0 Å². The summed E-state index contributed by atoms with van der Waals surface area (Å²) in [6, 6.07) is 4.01. The fraction of sp³-hybridized carbons (Fsp3) is 0.231. The Balaban J connectivity index is 1.88. The van der Waals surface area contributed by atoms with E-state index in [-0.39, 0.29) is 10.8 Å². The van der Waals surface area contributed by atoms with Gasteiger partial charge in [-0.1, -0.05) is 6.07 Å². The number of rotatable bonds is 6. The maximum Gasteiger partial charge on any atom is 0.348 e. The lowest BCUT2D eigenvalue weighted by molar-refractivity contribution is -0.113. The number of carboxylic acid groups (broad SMARTS) is 1. The summed E-state index contributed by atoms with van der Waals surface area (Å²) in [4.78, 5) is 24.3. The van der Waals surface area contributed by atoms with Crippen molar-refractivity contribution in [2.24, 2.45) is 0 Å². The van der Waals surface area contributed by atoms with Crippen molar-refractivity contribution in [3.63, 3.8) is 0 Å². The minimum Gasteiger partial charge on any atom is -0.477 e. The molecule has 2 heterocycles. The van der Waals surface area contributed by atoms with E-state index in [0.29, 0.717) is 11.4 Å². The van der Waals surface area contributed by atoms with E-state index in [1.165, 1.54) is 16.6 Å². The SMILES string of the molecule is Cc1csc(C(=O)O)c1NC(=O)CSCc1cccs1. The van der Waals surface area contributed by atoms with E-state index in [1.807, 2.05) is 17.5 Å². The summed E-state index contributed by atoms with van der Waals surface area (Å²) >= 11 is 4.30. The molecule has 0 spiro atoms. The van der Waals surface area contributed by atoms with Crippen molar-refractivity contribution in [2.45, 2.75) is 12.7 Å². The molecule has 2 N–H and O–H groups in total. The monoisotopic (exact) mass is 327 g/mol. The van der Waals surface area contributed by atoms with Gasteiger partial charge >= 0.3 is 5.97 Å². The molecule has 1 amide bonds. The topological polar surface area (TPSA) is 66.4 Å². The fourth-order valence-corrected chi connectivity index (χ4v) is 4.08. The van der Waals surface area contributed by atoms with Crippen LogP contribution in [-0.2, 0) is 10.5 Å². The van der Waals surface area contributed by atoms with Gasteiger partial charge in [0.05, 0.1) is 11.4 Å². The van der Waals surface area contributed by atoms with Gasteiger partial charge < -0.3 is 10.4 Å². The van der Waals surface area contributed by atoms with Crippen molar-refractivity contribution in [1.29, 1.82) is 0 Å². The van der Waals surface area contributed by atoms with Crippen LogP contribution >= 0.6 is 34.4 Å². The molecule has 0 saturated carbocycles. The Hall–Kier alpha value is -1.31. The van der Waals surface area contributed by atoms with Crippen molar-refractivity contribution >= 4 is 52.0 Å². The Morgan fingerprint density at radius 2 is 2.20 bits per heavy atom. The summed E-state index contributed by atoms with van der Waals surface area (Å²) in [6.45, 7) is 1.79. The Morgan fingerprint density at radius 1 is 1.40 bits per heavy atom. The Bertz CT molecular complexity index is 604. The first-order valence-electron chi connectivity index (χ1n) is 5.79. The first-order valence-corrected chi connectivity index (χ1v) is 8.70. The molecule has 0 aromatic carbocycles. The zero-order chi connectivity index (χ0) is 14.5. The van der Waals surface area contributed by atoms with E-state index >= 15 is 0 Å². The number of anilines is 1. The lowest BCUT2D eigenvalue weighted by atomic mass is 10.2. The van der Waals surface area contributed by atoms with Crippen LogP contribution in [0.3, 0.4) is 0 Å². The highest BCUT2D eigenvalue weighted by Crippen LogP contribution is 2.28. The number of carboxylic acids is 1. The summed E-state index contributed by atoms with van der Waals surface area (Å²) in [6.07, 6.45) is 0. The second-order valence-corrected chi connectivity index (χ2v) is 6.95. The summed E-state index contributed by atoms with van der Waals surface area (Å²) in [5.74, 6) is -0.0775. The van der Waals surface area contributed by atoms with Crippen molar-refractivity contribution in [3.05, 3.63) is 38.2 Å². The van der Waals surface area contributed by atoms with Crippen molar-refractivity contribution in [2.75, 3.05) is 11.1 Å². The number of amides is 1. The molecule has 0 bridgehead atoms. The number of carbonyl (C=O) groups is 2. The van der Waals surface area contributed by atoms with E-state index < -0.39 is 5.97 Å². The van der Waals surface area contributed by atoms with Crippen LogP contribution in [0.5, 0.6) is 0 Å². The van der Waals surface area contributed by atoms with Gasteiger partial charge in [0.1, 0.15) is 4.88 Å². The van der Waals surface area contributed by atoms with Gasteiger partial charge in [-0.2, -0.15) is 0 Å². The molecule has 4 nitrogen and oxygen atoms in total. The molecule has 20 heavy (non-hydrogen) atoms. The highest BCUT2D eigenvalue weighted by atomic mass is 32.2. The normalized spacial score (nSPS) is 10.4.